The Morgan fingerprint density at radius 1 is 1.23 bits per heavy atom. The molecule has 0 radical (unpaired) electrons. The first-order chi connectivity index (χ1) is 16.1. The van der Waals surface area contributed by atoms with Crippen LogP contribution in [0.3, 0.4) is 0 Å². The van der Waals surface area contributed by atoms with Gasteiger partial charge >= 0.3 is 11.9 Å². The maximum Gasteiger partial charge on any atom is 0.309 e. The van der Waals surface area contributed by atoms with Crippen LogP contribution in [0, 0.1) is 35.0 Å². The minimum atomic E-state index is -1.93. The maximum absolute atomic E-state index is 13.1. The van der Waals surface area contributed by atoms with Crippen molar-refractivity contribution in [3.05, 3.63) is 23.3 Å². The highest BCUT2D eigenvalue weighted by molar-refractivity contribution is 6.04. The van der Waals surface area contributed by atoms with Crippen molar-refractivity contribution < 1.29 is 39.2 Å². The van der Waals surface area contributed by atoms with Gasteiger partial charge in [-0.2, -0.15) is 0 Å². The Balaban J connectivity index is 1.94. The van der Waals surface area contributed by atoms with Gasteiger partial charge in [-0.25, -0.2) is 0 Å². The summed E-state index contributed by atoms with van der Waals surface area (Å²) in [5.41, 5.74) is -4.74. The second-order valence-electron chi connectivity index (χ2n) is 11.7. The highest BCUT2D eigenvalue weighted by Gasteiger charge is 2.88. The Kier molecular flexibility index (Phi) is 5.94. The van der Waals surface area contributed by atoms with Gasteiger partial charge in [0.05, 0.1) is 18.1 Å². The van der Waals surface area contributed by atoms with Crippen LogP contribution in [-0.4, -0.2) is 62.6 Å². The van der Waals surface area contributed by atoms with Gasteiger partial charge in [-0.1, -0.05) is 46.8 Å². The van der Waals surface area contributed by atoms with Crippen LogP contribution >= 0.6 is 0 Å². The summed E-state index contributed by atoms with van der Waals surface area (Å²) in [5.74, 6) is -4.75. The lowest BCUT2D eigenvalue weighted by atomic mass is 9.59. The predicted octanol–water partition coefficient (Wildman–Crippen LogP) is 2.10. The summed E-state index contributed by atoms with van der Waals surface area (Å²) >= 11 is 0. The lowest BCUT2D eigenvalue weighted by molar-refractivity contribution is -0.229. The number of rotatable bonds is 5. The molecule has 4 rings (SSSR count). The smallest absolute Gasteiger partial charge is 0.309 e. The van der Waals surface area contributed by atoms with Crippen LogP contribution in [0.1, 0.15) is 61.3 Å². The first-order valence-corrected chi connectivity index (χ1v) is 12.5. The van der Waals surface area contributed by atoms with Crippen LogP contribution in [0.2, 0.25) is 0 Å². The molecule has 0 aromatic heterocycles. The van der Waals surface area contributed by atoms with Gasteiger partial charge in [-0.15, -0.1) is 0 Å². The van der Waals surface area contributed by atoms with Gasteiger partial charge < -0.3 is 24.8 Å². The van der Waals surface area contributed by atoms with Crippen LogP contribution in [0.4, 0.5) is 0 Å². The van der Waals surface area contributed by atoms with Crippen molar-refractivity contribution in [2.75, 3.05) is 6.61 Å². The van der Waals surface area contributed by atoms with E-state index in [1.807, 2.05) is 20.8 Å². The number of hydrogen-bond donors (Lipinski definition) is 3. The molecule has 4 aliphatic carbocycles. The molecule has 0 aromatic carbocycles. The van der Waals surface area contributed by atoms with Crippen molar-refractivity contribution in [2.24, 2.45) is 35.0 Å². The molecule has 194 valence electrons. The summed E-state index contributed by atoms with van der Waals surface area (Å²) in [6, 6.07) is 0. The molecule has 0 aliphatic heterocycles. The van der Waals surface area contributed by atoms with Gasteiger partial charge in [-0.05, 0) is 24.5 Å². The summed E-state index contributed by atoms with van der Waals surface area (Å²) in [7, 11) is 0. The molecule has 2 fully saturated rings. The Morgan fingerprint density at radius 2 is 1.86 bits per heavy atom. The zero-order valence-corrected chi connectivity index (χ0v) is 21.6. The van der Waals surface area contributed by atoms with E-state index in [4.69, 9.17) is 9.47 Å². The number of ketones is 1. The fourth-order valence-corrected chi connectivity index (χ4v) is 7.44. The number of esters is 2. The topological polar surface area (TPSA) is 130 Å². The minimum absolute atomic E-state index is 0.114. The van der Waals surface area contributed by atoms with Gasteiger partial charge in [0.2, 0.25) is 0 Å². The minimum Gasteiger partial charge on any atom is -0.458 e. The lowest BCUT2D eigenvalue weighted by Gasteiger charge is -2.53. The van der Waals surface area contributed by atoms with E-state index in [2.05, 4.69) is 0 Å². The van der Waals surface area contributed by atoms with Crippen molar-refractivity contribution >= 4 is 17.7 Å². The number of ether oxygens (including phenoxy) is 2. The first-order valence-electron chi connectivity index (χ1n) is 12.5. The molecule has 2 saturated carbocycles. The van der Waals surface area contributed by atoms with E-state index >= 15 is 0 Å². The molecule has 0 amide bonds. The Labute approximate surface area is 206 Å². The van der Waals surface area contributed by atoms with Gasteiger partial charge in [0.15, 0.2) is 11.4 Å². The maximum atomic E-state index is 13.1. The number of Topliss-reactive ketones (excluding diaryl/α,β-unsaturated/α-hetero) is 1. The van der Waals surface area contributed by atoms with Gasteiger partial charge in [0.1, 0.15) is 11.7 Å². The highest BCUT2D eigenvalue weighted by Crippen LogP contribution is 2.77. The number of aliphatic hydroxyl groups is 3. The summed E-state index contributed by atoms with van der Waals surface area (Å²) in [5, 5.41) is 34.3. The number of hydrogen-bond acceptors (Lipinski definition) is 8. The van der Waals surface area contributed by atoms with Gasteiger partial charge in [0.25, 0.3) is 0 Å². The van der Waals surface area contributed by atoms with Gasteiger partial charge in [-0.3, -0.25) is 14.4 Å². The van der Waals surface area contributed by atoms with Crippen LogP contribution < -0.4 is 0 Å². The van der Waals surface area contributed by atoms with E-state index in [0.717, 1.165) is 0 Å². The third kappa shape index (κ3) is 3.18. The Hall–Kier alpha value is -2.03. The van der Waals surface area contributed by atoms with Gasteiger partial charge in [0, 0.05) is 42.4 Å². The fourth-order valence-electron chi connectivity index (χ4n) is 7.44. The molecule has 4 aliphatic rings. The quantitative estimate of drug-likeness (QED) is 0.395. The second-order valence-corrected chi connectivity index (χ2v) is 11.7. The number of carbonyl (C=O) groups excluding carboxylic acids is 3. The molecule has 0 spiro atoms. The van der Waals surface area contributed by atoms with Crippen LogP contribution in [0.5, 0.6) is 0 Å². The molecular weight excluding hydrogens is 452 g/mol. The molecule has 0 unspecified atom stereocenters. The number of fused-ring (bicyclic) bond motifs is 5. The average molecular weight is 491 g/mol. The Bertz CT molecular complexity index is 1030. The predicted molar refractivity (Wildman–Crippen MR) is 126 cm³/mol. The molecule has 0 aromatic rings. The van der Waals surface area contributed by atoms with E-state index < -0.39 is 69.7 Å². The molecule has 9 atom stereocenters. The normalized spacial score (nSPS) is 44.1. The zero-order chi connectivity index (χ0) is 26.3. The molecular formula is C27H38O8. The summed E-state index contributed by atoms with van der Waals surface area (Å²) < 4.78 is 12.0. The van der Waals surface area contributed by atoms with Crippen molar-refractivity contribution in [3.8, 4) is 0 Å². The molecule has 0 saturated heterocycles. The highest BCUT2D eigenvalue weighted by atomic mass is 16.6. The van der Waals surface area contributed by atoms with E-state index in [0.29, 0.717) is 17.6 Å². The van der Waals surface area contributed by atoms with Crippen LogP contribution in [0.15, 0.2) is 23.3 Å². The molecule has 8 heteroatoms. The van der Waals surface area contributed by atoms with E-state index in [9.17, 15) is 29.7 Å². The molecule has 0 bridgehead atoms. The summed E-state index contributed by atoms with van der Waals surface area (Å²) in [6.45, 7) is 11.7. The standard InChI is InChI=1S/C27H38O8/c1-8-13(2)23(31)35-27-20(24(27,6)7)18-10-17(12-28)11-25(32)19(9-14(3)21(25)30)26(18,33)15(4)22(27)34-16(5)29/h9-10,13,15,18-20,22,28,32-33H,8,11-12H2,1-7H3/t13-,15-,18+,19-,20-,22+,25+,26-,27-/m0/s1. The molecule has 0 heterocycles. The van der Waals surface area contributed by atoms with Crippen molar-refractivity contribution in [1.29, 1.82) is 0 Å². The van der Waals surface area contributed by atoms with E-state index in [-0.39, 0.29) is 18.9 Å². The van der Waals surface area contributed by atoms with Crippen molar-refractivity contribution in [3.63, 3.8) is 0 Å². The third-order valence-corrected chi connectivity index (χ3v) is 9.54. The van der Waals surface area contributed by atoms with Crippen LogP contribution in [0.25, 0.3) is 0 Å². The molecule has 3 N–H and O–H groups in total. The fraction of sp³-hybridized carbons (Fsp3) is 0.741. The third-order valence-electron chi connectivity index (χ3n) is 9.54. The van der Waals surface area contributed by atoms with Crippen molar-refractivity contribution in [1.82, 2.24) is 0 Å². The largest absolute Gasteiger partial charge is 0.458 e. The van der Waals surface area contributed by atoms with E-state index in [1.54, 1.807) is 32.9 Å². The zero-order valence-electron chi connectivity index (χ0n) is 21.6. The monoisotopic (exact) mass is 490 g/mol. The molecule has 8 nitrogen and oxygen atoms in total. The SMILES string of the molecule is CC[C@H](C)C(=O)O[C@]12[C@H](OC(C)=O)[C@H](C)[C@]3(O)[C@H](C=C(CO)C[C@]4(O)C(=O)C(C)=C[C@H]34)[C@H]1C2(C)C. The summed E-state index contributed by atoms with van der Waals surface area (Å²) in [4.78, 5) is 38.4. The number of aliphatic hydroxyl groups excluding tert-OH is 1. The lowest BCUT2D eigenvalue weighted by Crippen LogP contribution is -2.66. The Morgan fingerprint density at radius 3 is 2.40 bits per heavy atom. The first kappa shape index (κ1) is 26.0. The van der Waals surface area contributed by atoms with E-state index in [1.165, 1.54) is 6.92 Å². The summed E-state index contributed by atoms with van der Waals surface area (Å²) in [6.07, 6.45) is 2.83. The van der Waals surface area contributed by atoms with Crippen molar-refractivity contribution in [2.45, 2.75) is 84.2 Å². The second kappa shape index (κ2) is 7.98. The molecule has 35 heavy (non-hydrogen) atoms. The van der Waals surface area contributed by atoms with Crippen LogP contribution in [-0.2, 0) is 23.9 Å². The number of carbonyl (C=O) groups is 3. The average Bonchev–Trinajstić information content (AvgIpc) is 3.21.